The predicted molar refractivity (Wildman–Crippen MR) is 267 cm³/mol. The molecule has 302 valence electrons. The van der Waals surface area contributed by atoms with Crippen LogP contribution in [0.15, 0.2) is 217 Å². The number of nitrogens with zero attached hydrogens (tertiary/aromatic N) is 5. The molecule has 0 radical (unpaired) electrons. The highest BCUT2D eigenvalue weighted by molar-refractivity contribution is 6.16. The molecule has 4 aromatic heterocycles. The number of fused-ring (bicyclic) bond motifs is 11. The van der Waals surface area contributed by atoms with Crippen LogP contribution in [0.4, 0.5) is 0 Å². The zero-order valence-electron chi connectivity index (χ0n) is 34.9. The summed E-state index contributed by atoms with van der Waals surface area (Å²) in [5.74, 6) is 1.76. The van der Waals surface area contributed by atoms with Gasteiger partial charge in [0.15, 0.2) is 17.5 Å². The highest BCUT2D eigenvalue weighted by atomic mass is 16.3. The molecule has 6 nitrogen and oxygen atoms in total. The van der Waals surface area contributed by atoms with Gasteiger partial charge in [-0.1, -0.05) is 133 Å². The summed E-state index contributed by atoms with van der Waals surface area (Å²) in [7, 11) is 0. The average molecular weight is 830 g/mol. The number of aromatic nitrogens is 5. The molecule has 10 aromatic carbocycles. The van der Waals surface area contributed by atoms with Crippen LogP contribution in [0.25, 0.3) is 133 Å². The molecule has 0 bridgehead atoms. The Morgan fingerprint density at radius 3 is 1.54 bits per heavy atom. The van der Waals surface area contributed by atoms with Gasteiger partial charge in [0.05, 0.1) is 27.8 Å². The lowest BCUT2D eigenvalue weighted by molar-refractivity contribution is 0.669. The fourth-order valence-electron chi connectivity index (χ4n) is 10.1. The summed E-state index contributed by atoms with van der Waals surface area (Å²) in [4.78, 5) is 16.1. The van der Waals surface area contributed by atoms with Gasteiger partial charge in [-0.05, 0) is 94.3 Å². The van der Waals surface area contributed by atoms with Crippen molar-refractivity contribution in [3.63, 3.8) is 0 Å². The number of furan rings is 1. The van der Waals surface area contributed by atoms with E-state index in [2.05, 4.69) is 203 Å². The topological polar surface area (TPSA) is 61.7 Å². The predicted octanol–water partition coefficient (Wildman–Crippen LogP) is 15.3. The van der Waals surface area contributed by atoms with Gasteiger partial charge in [0.25, 0.3) is 0 Å². The van der Waals surface area contributed by atoms with Gasteiger partial charge in [-0.15, -0.1) is 0 Å². The van der Waals surface area contributed by atoms with Crippen LogP contribution >= 0.6 is 0 Å². The number of hydrogen-bond acceptors (Lipinski definition) is 4. The molecule has 0 aliphatic heterocycles. The first-order valence-electron chi connectivity index (χ1n) is 21.9. The summed E-state index contributed by atoms with van der Waals surface area (Å²) in [6, 6.07) is 75.0. The van der Waals surface area contributed by atoms with E-state index in [4.69, 9.17) is 19.4 Å². The molecule has 0 saturated heterocycles. The lowest BCUT2D eigenvalue weighted by Crippen LogP contribution is -2.04. The van der Waals surface area contributed by atoms with Gasteiger partial charge in [0, 0.05) is 60.8 Å². The van der Waals surface area contributed by atoms with Crippen LogP contribution in [0.2, 0.25) is 0 Å². The van der Waals surface area contributed by atoms with Crippen molar-refractivity contribution in [2.75, 3.05) is 0 Å². The maximum atomic E-state index is 6.81. The van der Waals surface area contributed by atoms with Gasteiger partial charge >= 0.3 is 0 Å². The van der Waals surface area contributed by atoms with Gasteiger partial charge in [-0.25, -0.2) is 15.0 Å². The van der Waals surface area contributed by atoms with Crippen molar-refractivity contribution in [2.24, 2.45) is 0 Å². The Morgan fingerprint density at radius 1 is 0.308 bits per heavy atom. The first-order valence-corrected chi connectivity index (χ1v) is 21.9. The minimum Gasteiger partial charge on any atom is -0.456 e. The van der Waals surface area contributed by atoms with Gasteiger partial charge < -0.3 is 13.6 Å². The molecular formula is C59H35N5O. The molecule has 0 amide bonds. The van der Waals surface area contributed by atoms with Gasteiger partial charge in [0.2, 0.25) is 0 Å². The van der Waals surface area contributed by atoms with Crippen LogP contribution in [0.3, 0.4) is 0 Å². The third-order valence-corrected chi connectivity index (χ3v) is 13.1. The largest absolute Gasteiger partial charge is 0.456 e. The van der Waals surface area contributed by atoms with Crippen molar-refractivity contribution >= 4 is 87.1 Å². The van der Waals surface area contributed by atoms with E-state index in [9.17, 15) is 0 Å². The molecule has 6 heteroatoms. The van der Waals surface area contributed by atoms with Crippen molar-refractivity contribution in [1.82, 2.24) is 24.1 Å². The average Bonchev–Trinajstić information content (AvgIpc) is 4.01. The second-order valence-corrected chi connectivity index (χ2v) is 16.8. The normalized spacial score (nSPS) is 12.0. The first-order chi connectivity index (χ1) is 32.2. The van der Waals surface area contributed by atoms with Crippen LogP contribution in [-0.2, 0) is 0 Å². The molecule has 4 heterocycles. The minimum absolute atomic E-state index is 0.569. The van der Waals surface area contributed by atoms with E-state index in [1.807, 2.05) is 18.2 Å². The lowest BCUT2D eigenvalue weighted by atomic mass is 10.0. The molecule has 0 unspecified atom stereocenters. The van der Waals surface area contributed by atoms with Crippen LogP contribution in [0.1, 0.15) is 0 Å². The smallest absolute Gasteiger partial charge is 0.166 e. The van der Waals surface area contributed by atoms with E-state index in [1.165, 1.54) is 21.5 Å². The van der Waals surface area contributed by atoms with E-state index in [1.54, 1.807) is 0 Å². The summed E-state index contributed by atoms with van der Waals surface area (Å²) < 4.78 is 11.5. The van der Waals surface area contributed by atoms with E-state index in [-0.39, 0.29) is 0 Å². The van der Waals surface area contributed by atoms with Crippen molar-refractivity contribution in [1.29, 1.82) is 0 Å². The molecular weight excluding hydrogens is 795 g/mol. The zero-order chi connectivity index (χ0) is 42.6. The molecule has 14 rings (SSSR count). The van der Waals surface area contributed by atoms with E-state index in [0.717, 1.165) is 93.6 Å². The van der Waals surface area contributed by atoms with Gasteiger partial charge in [-0.2, -0.15) is 0 Å². The molecule has 0 aliphatic carbocycles. The zero-order valence-corrected chi connectivity index (χ0v) is 34.9. The third-order valence-electron chi connectivity index (χ3n) is 13.1. The fourth-order valence-corrected chi connectivity index (χ4v) is 10.1. The van der Waals surface area contributed by atoms with Gasteiger partial charge in [-0.3, -0.25) is 0 Å². The maximum Gasteiger partial charge on any atom is 0.166 e. The van der Waals surface area contributed by atoms with Crippen LogP contribution in [0, 0.1) is 0 Å². The summed E-state index contributed by atoms with van der Waals surface area (Å²) in [6.07, 6.45) is 0. The second kappa shape index (κ2) is 13.8. The van der Waals surface area contributed by atoms with E-state index in [0.29, 0.717) is 17.5 Å². The van der Waals surface area contributed by atoms with Crippen LogP contribution < -0.4 is 0 Å². The van der Waals surface area contributed by atoms with Crippen molar-refractivity contribution in [3.8, 4) is 45.5 Å². The van der Waals surface area contributed by atoms with Crippen LogP contribution in [0.5, 0.6) is 0 Å². The summed E-state index contributed by atoms with van der Waals surface area (Å²) in [5.41, 5.74) is 10.8. The Morgan fingerprint density at radius 2 is 0.815 bits per heavy atom. The Bertz CT molecular complexity index is 4240. The highest BCUT2D eigenvalue weighted by Crippen LogP contribution is 2.43. The fraction of sp³-hybridized carbons (Fsp3) is 0. The Balaban J connectivity index is 1.08. The molecule has 0 atom stereocenters. The van der Waals surface area contributed by atoms with E-state index >= 15 is 0 Å². The molecule has 0 saturated carbocycles. The summed E-state index contributed by atoms with van der Waals surface area (Å²) in [5, 5.41) is 11.3. The second-order valence-electron chi connectivity index (χ2n) is 16.8. The number of para-hydroxylation sites is 3. The quantitative estimate of drug-likeness (QED) is 0.173. The molecule has 14 aromatic rings. The Labute approximate surface area is 371 Å². The SMILES string of the molecule is c1ccc(-c2nc(-c3ccc4c(c3)c3ccccc3n4-c3ccccc3)nc(-c3cc4c(cc3-n3c5ccccc5c5cc6ccccc6cc53)oc3cc5ccccc5cc34)n2)cc1. The lowest BCUT2D eigenvalue weighted by Gasteiger charge is -2.15. The van der Waals surface area contributed by atoms with Crippen molar-refractivity contribution < 1.29 is 4.42 Å². The summed E-state index contributed by atoms with van der Waals surface area (Å²) in [6.45, 7) is 0. The number of benzene rings is 10. The number of hydrogen-bond donors (Lipinski definition) is 0. The standard InChI is InChI=1S/C59H35N5O/c1-3-15-36(16-4-1)57-60-58(41-27-28-52-45(31-41)43-23-11-13-25-50(43)63(52)42-21-5-2-6-22-42)62-59(61-57)49-34-48-47-30-38-18-8-10-20-40(38)33-55(47)65-56(48)35-54(49)64-51-26-14-12-24-44(51)46-29-37-17-7-9-19-39(37)32-53(46)64/h1-35H. The Kier molecular flexibility index (Phi) is 7.59. The highest BCUT2D eigenvalue weighted by Gasteiger charge is 2.23. The number of rotatable bonds is 5. The molecule has 0 spiro atoms. The maximum absolute atomic E-state index is 6.81. The van der Waals surface area contributed by atoms with E-state index < -0.39 is 0 Å². The van der Waals surface area contributed by atoms with Crippen molar-refractivity contribution in [3.05, 3.63) is 212 Å². The minimum atomic E-state index is 0.569. The van der Waals surface area contributed by atoms with Gasteiger partial charge in [0.1, 0.15) is 11.2 Å². The first kappa shape index (κ1) is 35.7. The molecule has 65 heavy (non-hydrogen) atoms. The molecule has 0 fully saturated rings. The molecule has 0 aliphatic rings. The Hall–Kier alpha value is -8.87. The summed E-state index contributed by atoms with van der Waals surface area (Å²) >= 11 is 0. The molecule has 0 N–H and O–H groups in total. The van der Waals surface area contributed by atoms with Crippen molar-refractivity contribution in [2.45, 2.75) is 0 Å². The third kappa shape index (κ3) is 5.51. The van der Waals surface area contributed by atoms with Crippen LogP contribution in [-0.4, -0.2) is 24.1 Å². The monoisotopic (exact) mass is 829 g/mol.